The molecule has 0 aromatic rings. The van der Waals surface area contributed by atoms with Gasteiger partial charge in [0.05, 0.1) is 6.42 Å². The van der Waals surface area contributed by atoms with Crippen LogP contribution in [0.1, 0.15) is 40.0 Å². The summed E-state index contributed by atoms with van der Waals surface area (Å²) < 4.78 is 0. The van der Waals surface area contributed by atoms with Crippen LogP contribution >= 0.6 is 0 Å². The van der Waals surface area contributed by atoms with Gasteiger partial charge in [-0.1, -0.05) is 27.2 Å². The summed E-state index contributed by atoms with van der Waals surface area (Å²) in [4.78, 5) is 23.6. The molecule has 17 heavy (non-hydrogen) atoms. The fraction of sp³-hybridized carbons (Fsp3) is 0.833. The van der Waals surface area contributed by atoms with Crippen LogP contribution < -0.4 is 0 Å². The molecule has 5 nitrogen and oxygen atoms in total. The molecule has 0 amide bonds. The van der Waals surface area contributed by atoms with Gasteiger partial charge in [-0.2, -0.15) is 0 Å². The fourth-order valence-corrected chi connectivity index (χ4v) is 1.90. The van der Waals surface area contributed by atoms with Crippen LogP contribution in [0.4, 0.5) is 0 Å². The van der Waals surface area contributed by atoms with Crippen LogP contribution in [-0.4, -0.2) is 46.2 Å². The van der Waals surface area contributed by atoms with Crippen molar-refractivity contribution >= 4 is 11.9 Å². The summed E-state index contributed by atoms with van der Waals surface area (Å²) in [5.74, 6) is -1.73. The number of nitrogens with zero attached hydrogens (tertiary/aromatic N) is 1. The zero-order valence-electron chi connectivity index (χ0n) is 10.8. The van der Waals surface area contributed by atoms with Crippen molar-refractivity contribution in [2.45, 2.75) is 46.1 Å². The molecule has 100 valence electrons. The first-order chi connectivity index (χ1) is 7.93. The summed E-state index contributed by atoms with van der Waals surface area (Å²) in [6, 6.07) is -0.584. The molecular formula is C12H23NO4. The largest absolute Gasteiger partial charge is 0.481 e. The molecule has 0 heterocycles. The third kappa shape index (κ3) is 5.68. The quantitative estimate of drug-likeness (QED) is 0.646. The van der Waals surface area contributed by atoms with Gasteiger partial charge in [-0.3, -0.25) is 14.5 Å². The predicted molar refractivity (Wildman–Crippen MR) is 65.0 cm³/mol. The van der Waals surface area contributed by atoms with Crippen LogP contribution in [0.15, 0.2) is 0 Å². The molecule has 0 aliphatic rings. The maximum atomic E-state index is 11.3. The highest BCUT2D eigenvalue weighted by Crippen LogP contribution is 2.16. The highest BCUT2D eigenvalue weighted by molar-refractivity contribution is 5.74. The minimum atomic E-state index is -0.889. The van der Waals surface area contributed by atoms with E-state index in [-0.39, 0.29) is 12.3 Å². The van der Waals surface area contributed by atoms with E-state index in [0.29, 0.717) is 13.1 Å². The van der Waals surface area contributed by atoms with E-state index >= 15 is 0 Å². The van der Waals surface area contributed by atoms with E-state index in [1.807, 2.05) is 20.8 Å². The number of rotatable bonds is 9. The predicted octanol–water partition coefficient (Wildman–Crippen LogP) is 1.67. The first kappa shape index (κ1) is 15.9. The molecule has 2 N–H and O–H groups in total. The van der Waals surface area contributed by atoms with Gasteiger partial charge in [0.1, 0.15) is 6.04 Å². The first-order valence-corrected chi connectivity index (χ1v) is 6.12. The summed E-state index contributed by atoms with van der Waals surface area (Å²) in [5.41, 5.74) is 0. The molecule has 2 atom stereocenters. The lowest BCUT2D eigenvalue weighted by atomic mass is 9.97. The van der Waals surface area contributed by atoms with Gasteiger partial charge in [-0.05, 0) is 18.9 Å². The second kappa shape index (κ2) is 8.06. The highest BCUT2D eigenvalue weighted by Gasteiger charge is 2.29. The first-order valence-electron chi connectivity index (χ1n) is 6.12. The molecule has 0 saturated heterocycles. The summed E-state index contributed by atoms with van der Waals surface area (Å²) >= 11 is 0. The second-order valence-electron chi connectivity index (χ2n) is 4.35. The normalized spacial score (nSPS) is 14.6. The number of hydrogen-bond donors (Lipinski definition) is 2. The molecule has 0 bridgehead atoms. The van der Waals surface area contributed by atoms with Gasteiger partial charge >= 0.3 is 11.9 Å². The highest BCUT2D eigenvalue weighted by atomic mass is 16.4. The lowest BCUT2D eigenvalue weighted by Crippen LogP contribution is -2.46. The van der Waals surface area contributed by atoms with Crippen LogP contribution in [0, 0.1) is 5.92 Å². The average Bonchev–Trinajstić information content (AvgIpc) is 2.25. The summed E-state index contributed by atoms with van der Waals surface area (Å²) in [5, 5.41) is 17.9. The molecule has 0 spiro atoms. The Labute approximate surface area is 102 Å². The Kier molecular flexibility index (Phi) is 7.54. The Balaban J connectivity index is 4.69. The number of carbonyl (C=O) groups is 2. The van der Waals surface area contributed by atoms with Crippen molar-refractivity contribution in [3.63, 3.8) is 0 Å². The van der Waals surface area contributed by atoms with E-state index in [0.717, 1.165) is 12.8 Å². The molecule has 0 rings (SSSR count). The van der Waals surface area contributed by atoms with Crippen molar-refractivity contribution < 1.29 is 19.8 Å². The van der Waals surface area contributed by atoms with E-state index < -0.39 is 18.0 Å². The molecule has 0 saturated carbocycles. The number of carboxylic acids is 2. The smallest absolute Gasteiger partial charge is 0.321 e. The summed E-state index contributed by atoms with van der Waals surface area (Å²) in [6.45, 7) is 6.71. The monoisotopic (exact) mass is 245 g/mol. The lowest BCUT2D eigenvalue weighted by molar-refractivity contribution is -0.147. The average molecular weight is 245 g/mol. The molecular weight excluding hydrogens is 222 g/mol. The van der Waals surface area contributed by atoms with Gasteiger partial charge in [0.25, 0.3) is 0 Å². The molecule has 0 aliphatic carbocycles. The van der Waals surface area contributed by atoms with Crippen molar-refractivity contribution in [3.8, 4) is 0 Å². The van der Waals surface area contributed by atoms with E-state index in [2.05, 4.69) is 0 Å². The van der Waals surface area contributed by atoms with E-state index in [4.69, 9.17) is 5.11 Å². The van der Waals surface area contributed by atoms with Crippen LogP contribution in [0.25, 0.3) is 0 Å². The number of aliphatic carboxylic acids is 2. The zero-order valence-corrected chi connectivity index (χ0v) is 10.8. The fourth-order valence-electron chi connectivity index (χ4n) is 1.90. The molecule has 0 radical (unpaired) electrons. The molecule has 0 fully saturated rings. The topological polar surface area (TPSA) is 77.8 Å². The van der Waals surface area contributed by atoms with E-state index in [1.165, 1.54) is 0 Å². The SMILES string of the molecule is CCCN(CCC(=O)O)C(C(=O)O)C(C)CC. The zero-order chi connectivity index (χ0) is 13.4. The Morgan fingerprint density at radius 1 is 1.18 bits per heavy atom. The van der Waals surface area contributed by atoms with Crippen molar-refractivity contribution in [1.29, 1.82) is 0 Å². The third-order valence-corrected chi connectivity index (χ3v) is 2.95. The van der Waals surface area contributed by atoms with Gasteiger partial charge in [-0.15, -0.1) is 0 Å². The molecule has 0 aromatic heterocycles. The van der Waals surface area contributed by atoms with Gasteiger partial charge in [-0.25, -0.2) is 0 Å². The van der Waals surface area contributed by atoms with Gasteiger partial charge in [0, 0.05) is 6.54 Å². The maximum Gasteiger partial charge on any atom is 0.321 e. The Bertz CT molecular complexity index is 255. The van der Waals surface area contributed by atoms with Crippen LogP contribution in [0.2, 0.25) is 0 Å². The number of hydrogen-bond acceptors (Lipinski definition) is 3. The Morgan fingerprint density at radius 2 is 1.76 bits per heavy atom. The molecule has 0 aromatic carbocycles. The van der Waals surface area contributed by atoms with E-state index in [9.17, 15) is 14.7 Å². The molecule has 2 unspecified atom stereocenters. The Hall–Kier alpha value is -1.10. The Morgan fingerprint density at radius 3 is 2.12 bits per heavy atom. The minimum absolute atomic E-state index is 0.0137. The standard InChI is InChI=1S/C12H23NO4/c1-4-7-13(8-6-10(14)15)11(12(16)17)9(3)5-2/h9,11H,4-8H2,1-3H3,(H,14,15)(H,16,17). The minimum Gasteiger partial charge on any atom is -0.481 e. The van der Waals surface area contributed by atoms with Crippen molar-refractivity contribution in [2.75, 3.05) is 13.1 Å². The third-order valence-electron chi connectivity index (χ3n) is 2.95. The lowest BCUT2D eigenvalue weighted by Gasteiger charge is -2.31. The van der Waals surface area contributed by atoms with Crippen LogP contribution in [0.5, 0.6) is 0 Å². The second-order valence-corrected chi connectivity index (χ2v) is 4.35. The van der Waals surface area contributed by atoms with Crippen molar-refractivity contribution in [2.24, 2.45) is 5.92 Å². The number of carboxylic acid groups (broad SMARTS) is 2. The maximum absolute atomic E-state index is 11.3. The molecule has 5 heteroatoms. The van der Waals surface area contributed by atoms with Crippen LogP contribution in [-0.2, 0) is 9.59 Å². The van der Waals surface area contributed by atoms with Gasteiger partial charge < -0.3 is 10.2 Å². The molecule has 0 aliphatic heterocycles. The van der Waals surface area contributed by atoms with E-state index in [1.54, 1.807) is 4.90 Å². The summed E-state index contributed by atoms with van der Waals surface area (Å²) in [7, 11) is 0. The van der Waals surface area contributed by atoms with Crippen molar-refractivity contribution in [3.05, 3.63) is 0 Å². The van der Waals surface area contributed by atoms with Crippen molar-refractivity contribution in [1.82, 2.24) is 4.90 Å². The van der Waals surface area contributed by atoms with Gasteiger partial charge in [0.2, 0.25) is 0 Å². The van der Waals surface area contributed by atoms with Gasteiger partial charge in [0.15, 0.2) is 0 Å². The van der Waals surface area contributed by atoms with Crippen LogP contribution in [0.3, 0.4) is 0 Å². The summed E-state index contributed by atoms with van der Waals surface area (Å²) in [6.07, 6.45) is 1.57.